The first-order valence-corrected chi connectivity index (χ1v) is 5.99. The van der Waals surface area contributed by atoms with Crippen molar-refractivity contribution in [1.29, 1.82) is 0 Å². The van der Waals surface area contributed by atoms with Crippen LogP contribution < -0.4 is 4.74 Å². The third kappa shape index (κ3) is 3.07. The monoisotopic (exact) mass is 236 g/mol. The number of methoxy groups -OCH3 is 1. The van der Waals surface area contributed by atoms with Gasteiger partial charge in [-0.1, -0.05) is 19.9 Å². The van der Waals surface area contributed by atoms with Crippen molar-refractivity contribution in [2.75, 3.05) is 13.7 Å². The van der Waals surface area contributed by atoms with Crippen LogP contribution in [0.25, 0.3) is 0 Å². The van der Waals surface area contributed by atoms with Gasteiger partial charge in [0.1, 0.15) is 5.75 Å². The lowest BCUT2D eigenvalue weighted by Crippen LogP contribution is -2.18. The van der Waals surface area contributed by atoms with E-state index in [1.807, 2.05) is 32.0 Å². The second kappa shape index (κ2) is 6.40. The summed E-state index contributed by atoms with van der Waals surface area (Å²) in [5.74, 6) is 0.206. The normalized spacial score (nSPS) is 12.2. The predicted octanol–water partition coefficient (Wildman–Crippen LogP) is 2.46. The van der Waals surface area contributed by atoms with Crippen molar-refractivity contribution in [2.45, 2.75) is 26.7 Å². The van der Waals surface area contributed by atoms with E-state index in [-0.39, 0.29) is 18.3 Å². The number of carbonyl (C=O) groups excluding carboxylic acids is 1. The first kappa shape index (κ1) is 13.7. The maximum absolute atomic E-state index is 12.2. The van der Waals surface area contributed by atoms with Crippen LogP contribution in [0.5, 0.6) is 5.75 Å². The summed E-state index contributed by atoms with van der Waals surface area (Å²) in [6.07, 6.45) is 1.51. The number of Topliss-reactive ketones (excluding diaryl/α,β-unsaturated/α-hetero) is 1. The second-order valence-electron chi connectivity index (χ2n) is 4.04. The highest BCUT2D eigenvalue weighted by Crippen LogP contribution is 2.24. The van der Waals surface area contributed by atoms with E-state index in [1.165, 1.54) is 0 Å². The first-order chi connectivity index (χ1) is 8.17. The van der Waals surface area contributed by atoms with Crippen molar-refractivity contribution in [3.8, 4) is 5.75 Å². The molecule has 1 aromatic carbocycles. The van der Waals surface area contributed by atoms with Gasteiger partial charge in [-0.2, -0.15) is 0 Å². The van der Waals surface area contributed by atoms with Gasteiger partial charge in [0.15, 0.2) is 5.78 Å². The molecule has 3 nitrogen and oxygen atoms in total. The van der Waals surface area contributed by atoms with Crippen LogP contribution in [0.4, 0.5) is 0 Å². The molecule has 0 heterocycles. The lowest BCUT2D eigenvalue weighted by Gasteiger charge is -2.14. The van der Waals surface area contributed by atoms with Crippen LogP contribution in [0.2, 0.25) is 0 Å². The fourth-order valence-corrected chi connectivity index (χ4v) is 1.78. The molecule has 1 aromatic rings. The van der Waals surface area contributed by atoms with E-state index in [0.717, 1.165) is 12.0 Å². The Kier molecular flexibility index (Phi) is 5.16. The zero-order valence-corrected chi connectivity index (χ0v) is 10.7. The zero-order valence-electron chi connectivity index (χ0n) is 10.7. The summed E-state index contributed by atoms with van der Waals surface area (Å²) in [6.45, 7) is 3.82. The maximum atomic E-state index is 12.2. The molecule has 0 bridgehead atoms. The lowest BCUT2D eigenvalue weighted by molar-refractivity contribution is 0.0853. The van der Waals surface area contributed by atoms with Crippen molar-refractivity contribution in [3.63, 3.8) is 0 Å². The van der Waals surface area contributed by atoms with E-state index in [2.05, 4.69) is 0 Å². The van der Waals surface area contributed by atoms with E-state index in [0.29, 0.717) is 17.7 Å². The van der Waals surface area contributed by atoms with Gasteiger partial charge in [0, 0.05) is 5.92 Å². The highest BCUT2D eigenvalue weighted by Gasteiger charge is 2.21. The third-order valence-corrected chi connectivity index (χ3v) is 3.02. The minimum absolute atomic E-state index is 0.0397. The van der Waals surface area contributed by atoms with Gasteiger partial charge >= 0.3 is 0 Å². The number of ether oxygens (including phenoxy) is 1. The fraction of sp³-hybridized carbons (Fsp3) is 0.500. The topological polar surface area (TPSA) is 46.5 Å². The molecule has 0 fully saturated rings. The maximum Gasteiger partial charge on any atom is 0.171 e. The Morgan fingerprint density at radius 2 is 2.12 bits per heavy atom. The molecule has 1 unspecified atom stereocenters. The summed E-state index contributed by atoms with van der Waals surface area (Å²) in [5.41, 5.74) is 1.68. The minimum atomic E-state index is -0.337. The van der Waals surface area contributed by atoms with Gasteiger partial charge in [0.2, 0.25) is 0 Å². The van der Waals surface area contributed by atoms with Crippen molar-refractivity contribution in [1.82, 2.24) is 0 Å². The van der Waals surface area contributed by atoms with Gasteiger partial charge in [-0.25, -0.2) is 0 Å². The Hall–Kier alpha value is -1.35. The molecule has 0 aliphatic rings. The molecule has 3 heteroatoms. The first-order valence-electron chi connectivity index (χ1n) is 5.99. The van der Waals surface area contributed by atoms with Crippen LogP contribution in [0.15, 0.2) is 18.2 Å². The van der Waals surface area contributed by atoms with Crippen LogP contribution in [-0.2, 0) is 6.42 Å². The highest BCUT2D eigenvalue weighted by atomic mass is 16.5. The van der Waals surface area contributed by atoms with Crippen LogP contribution >= 0.6 is 0 Å². The number of rotatable bonds is 6. The standard InChI is InChI=1S/C14H20O3/c1-4-10-6-7-13(17-3)12(8-10)14(16)11(5-2)9-15/h6-8,11,15H,4-5,9H2,1-3H3. The van der Waals surface area contributed by atoms with E-state index in [9.17, 15) is 9.90 Å². The molecule has 1 rings (SSSR count). The number of hydrogen-bond donors (Lipinski definition) is 1. The van der Waals surface area contributed by atoms with Crippen LogP contribution in [-0.4, -0.2) is 24.6 Å². The lowest BCUT2D eigenvalue weighted by atomic mass is 9.94. The molecule has 94 valence electrons. The smallest absolute Gasteiger partial charge is 0.171 e. The SMILES string of the molecule is CCc1ccc(OC)c(C(=O)C(CC)CO)c1. The Morgan fingerprint density at radius 1 is 1.41 bits per heavy atom. The van der Waals surface area contributed by atoms with Crippen LogP contribution in [0, 0.1) is 5.92 Å². The molecule has 0 saturated heterocycles. The number of aryl methyl sites for hydroxylation is 1. The van der Waals surface area contributed by atoms with E-state index in [1.54, 1.807) is 7.11 Å². The molecule has 0 saturated carbocycles. The number of ketones is 1. The van der Waals surface area contributed by atoms with Gasteiger partial charge in [-0.3, -0.25) is 4.79 Å². The van der Waals surface area contributed by atoms with Gasteiger partial charge in [0.05, 0.1) is 19.3 Å². The molecule has 17 heavy (non-hydrogen) atoms. The van der Waals surface area contributed by atoms with Gasteiger partial charge < -0.3 is 9.84 Å². The highest BCUT2D eigenvalue weighted by molar-refractivity contribution is 6.00. The third-order valence-electron chi connectivity index (χ3n) is 3.02. The Bertz CT molecular complexity index is 381. The average Bonchev–Trinajstić information content (AvgIpc) is 2.39. The summed E-state index contributed by atoms with van der Waals surface area (Å²) in [4.78, 5) is 12.2. The van der Waals surface area contributed by atoms with Crippen molar-refractivity contribution in [2.24, 2.45) is 5.92 Å². The number of hydrogen-bond acceptors (Lipinski definition) is 3. The van der Waals surface area contributed by atoms with Crippen molar-refractivity contribution >= 4 is 5.78 Å². The molecule has 1 N–H and O–H groups in total. The largest absolute Gasteiger partial charge is 0.496 e. The molecule has 0 radical (unpaired) electrons. The van der Waals surface area contributed by atoms with E-state index >= 15 is 0 Å². The summed E-state index contributed by atoms with van der Waals surface area (Å²) in [7, 11) is 1.55. The molecule has 0 aliphatic carbocycles. The van der Waals surface area contributed by atoms with Crippen molar-refractivity contribution in [3.05, 3.63) is 29.3 Å². The summed E-state index contributed by atoms with van der Waals surface area (Å²) >= 11 is 0. The summed E-state index contributed by atoms with van der Waals surface area (Å²) in [5, 5.41) is 9.19. The number of benzene rings is 1. The van der Waals surface area contributed by atoms with Crippen LogP contribution in [0.3, 0.4) is 0 Å². The van der Waals surface area contributed by atoms with E-state index < -0.39 is 0 Å². The predicted molar refractivity (Wildman–Crippen MR) is 67.6 cm³/mol. The van der Waals surface area contributed by atoms with Gasteiger partial charge in [-0.05, 0) is 30.5 Å². The molecule has 0 amide bonds. The zero-order chi connectivity index (χ0) is 12.8. The molecular formula is C14H20O3. The van der Waals surface area contributed by atoms with Crippen molar-refractivity contribution < 1.29 is 14.6 Å². The summed E-state index contributed by atoms with van der Waals surface area (Å²) in [6, 6.07) is 5.63. The van der Waals surface area contributed by atoms with Gasteiger partial charge in [-0.15, -0.1) is 0 Å². The fourth-order valence-electron chi connectivity index (χ4n) is 1.78. The van der Waals surface area contributed by atoms with E-state index in [4.69, 9.17) is 4.74 Å². The second-order valence-corrected chi connectivity index (χ2v) is 4.04. The minimum Gasteiger partial charge on any atom is -0.496 e. The Labute approximate surface area is 102 Å². The number of aliphatic hydroxyl groups excluding tert-OH is 1. The molecule has 0 aliphatic heterocycles. The Balaban J connectivity index is 3.13. The molecule has 0 spiro atoms. The Morgan fingerprint density at radius 3 is 2.59 bits per heavy atom. The van der Waals surface area contributed by atoms with Gasteiger partial charge in [0.25, 0.3) is 0 Å². The molecular weight excluding hydrogens is 216 g/mol. The molecule has 1 atom stereocenters. The van der Waals surface area contributed by atoms with Crippen LogP contribution in [0.1, 0.15) is 36.2 Å². The molecule has 0 aromatic heterocycles. The number of carbonyl (C=O) groups is 1. The quantitative estimate of drug-likeness (QED) is 0.772. The number of aliphatic hydroxyl groups is 1. The summed E-state index contributed by atoms with van der Waals surface area (Å²) < 4.78 is 5.20. The average molecular weight is 236 g/mol.